The number of carboxylic acid groups (broad SMARTS) is 1. The van der Waals surface area contributed by atoms with Gasteiger partial charge >= 0.3 is 5.97 Å². The molecule has 0 radical (unpaired) electrons. The van der Waals surface area contributed by atoms with Crippen LogP contribution in [0.1, 0.15) is 15.9 Å². The van der Waals surface area contributed by atoms with E-state index in [1.165, 1.54) is 6.07 Å². The number of thiophene rings is 1. The molecule has 1 heterocycles. The first-order valence-electron chi connectivity index (χ1n) is 9.82. The van der Waals surface area contributed by atoms with Gasteiger partial charge in [0.1, 0.15) is 18.1 Å². The molecular formula is C21H29NO7SSi. The van der Waals surface area contributed by atoms with Gasteiger partial charge in [0, 0.05) is 20.7 Å². The van der Waals surface area contributed by atoms with Crippen LogP contribution in [0.15, 0.2) is 35.0 Å². The molecule has 2 rings (SSSR count). The number of aliphatic hydroxyl groups is 1. The zero-order valence-electron chi connectivity index (χ0n) is 17.9. The highest BCUT2D eigenvalue weighted by Gasteiger charge is 2.22. The number of ether oxygens (including phenoxy) is 3. The zero-order chi connectivity index (χ0) is 22.9. The fourth-order valence-electron chi connectivity index (χ4n) is 2.40. The van der Waals surface area contributed by atoms with E-state index < -0.39 is 32.6 Å². The number of hydrogen-bond acceptors (Lipinski definition) is 7. The summed E-state index contributed by atoms with van der Waals surface area (Å²) in [6.45, 7) is 6.87. The Balaban J connectivity index is 2.09. The van der Waals surface area contributed by atoms with Crippen molar-refractivity contribution in [2.75, 3.05) is 20.0 Å². The molecule has 0 spiro atoms. The first-order chi connectivity index (χ1) is 14.7. The molecule has 0 fully saturated rings. The number of carbonyl (C=O) groups excluding carboxylic acids is 1. The summed E-state index contributed by atoms with van der Waals surface area (Å²) in [5.41, 5.74) is 1.15. The number of amides is 1. The lowest BCUT2D eigenvalue weighted by Gasteiger charge is -2.17. The molecule has 1 aromatic heterocycles. The Bertz CT molecular complexity index is 852. The highest BCUT2D eigenvalue weighted by Crippen LogP contribution is 2.26. The van der Waals surface area contributed by atoms with Gasteiger partial charge in [0.25, 0.3) is 5.91 Å². The lowest BCUT2D eigenvalue weighted by molar-refractivity contribution is -0.140. The Morgan fingerprint density at radius 2 is 1.97 bits per heavy atom. The van der Waals surface area contributed by atoms with Crippen molar-refractivity contribution < 1.29 is 34.0 Å². The minimum absolute atomic E-state index is 0.0545. The van der Waals surface area contributed by atoms with Crippen LogP contribution in [0.5, 0.6) is 11.5 Å². The summed E-state index contributed by atoms with van der Waals surface area (Å²) < 4.78 is 17.0. The SMILES string of the molecule is C[Si](C)(C)CCOCOc1cc(OCc2ccsc2)ccc1C(=O)NC(CO)C(=O)O. The van der Waals surface area contributed by atoms with Crippen LogP contribution in [-0.2, 0) is 16.1 Å². The third kappa shape index (κ3) is 8.70. The lowest BCUT2D eigenvalue weighted by Crippen LogP contribution is -2.43. The molecule has 0 aliphatic carbocycles. The van der Waals surface area contributed by atoms with E-state index in [9.17, 15) is 9.59 Å². The Labute approximate surface area is 186 Å². The summed E-state index contributed by atoms with van der Waals surface area (Å²) in [5, 5.41) is 24.4. The zero-order valence-corrected chi connectivity index (χ0v) is 19.7. The Morgan fingerprint density at radius 1 is 1.19 bits per heavy atom. The van der Waals surface area contributed by atoms with Gasteiger partial charge in [0.15, 0.2) is 12.8 Å². The van der Waals surface area contributed by atoms with E-state index in [0.29, 0.717) is 19.0 Å². The number of nitrogens with one attached hydrogen (secondary N) is 1. The third-order valence-electron chi connectivity index (χ3n) is 4.26. The minimum atomic E-state index is -1.41. The van der Waals surface area contributed by atoms with Gasteiger partial charge in [-0.15, -0.1) is 0 Å². The third-order valence-corrected chi connectivity index (χ3v) is 6.70. The molecule has 2 aromatic rings. The van der Waals surface area contributed by atoms with Crippen molar-refractivity contribution in [1.29, 1.82) is 0 Å². The molecule has 10 heteroatoms. The van der Waals surface area contributed by atoms with Gasteiger partial charge in [-0.05, 0) is 40.6 Å². The number of hydrogen-bond donors (Lipinski definition) is 3. The second-order valence-electron chi connectivity index (χ2n) is 8.11. The monoisotopic (exact) mass is 467 g/mol. The van der Waals surface area contributed by atoms with Crippen molar-refractivity contribution in [3.8, 4) is 11.5 Å². The number of benzene rings is 1. The van der Waals surface area contributed by atoms with Crippen molar-refractivity contribution in [3.05, 3.63) is 46.2 Å². The van der Waals surface area contributed by atoms with Gasteiger partial charge in [-0.1, -0.05) is 19.6 Å². The molecule has 3 N–H and O–H groups in total. The van der Waals surface area contributed by atoms with Crippen molar-refractivity contribution in [2.24, 2.45) is 0 Å². The highest BCUT2D eigenvalue weighted by molar-refractivity contribution is 7.07. The quantitative estimate of drug-likeness (QED) is 0.235. The Hall–Kier alpha value is -2.40. The normalized spacial score (nSPS) is 12.3. The first kappa shape index (κ1) is 24.9. The summed E-state index contributed by atoms with van der Waals surface area (Å²) in [4.78, 5) is 23.7. The second kappa shape index (κ2) is 11.8. The van der Waals surface area contributed by atoms with Gasteiger partial charge < -0.3 is 29.7 Å². The second-order valence-corrected chi connectivity index (χ2v) is 14.5. The number of carboxylic acids is 1. The van der Waals surface area contributed by atoms with E-state index in [1.807, 2.05) is 16.8 Å². The standard InChI is InChI=1S/C21H29NO7SSi/c1-31(2,3)9-7-27-14-29-19-10-16(28-12-15-6-8-30-13-15)4-5-17(19)20(24)22-18(11-23)21(25)26/h4-6,8,10,13,18,23H,7,9,11-12,14H2,1-3H3,(H,22,24)(H,25,26). The van der Waals surface area contributed by atoms with Crippen LogP contribution in [-0.4, -0.2) is 56.2 Å². The first-order valence-corrected chi connectivity index (χ1v) is 14.5. The van der Waals surface area contributed by atoms with Crippen molar-refractivity contribution in [3.63, 3.8) is 0 Å². The highest BCUT2D eigenvalue weighted by atomic mass is 32.1. The summed E-state index contributed by atoms with van der Waals surface area (Å²) in [7, 11) is -1.24. The summed E-state index contributed by atoms with van der Waals surface area (Å²) in [6.07, 6.45) is 0. The van der Waals surface area contributed by atoms with Crippen LogP contribution in [0.2, 0.25) is 25.7 Å². The maximum Gasteiger partial charge on any atom is 0.328 e. The summed E-state index contributed by atoms with van der Waals surface area (Å²) >= 11 is 1.57. The molecule has 0 bridgehead atoms. The summed E-state index contributed by atoms with van der Waals surface area (Å²) in [6, 6.07) is 6.18. The lowest BCUT2D eigenvalue weighted by atomic mass is 10.1. The van der Waals surface area contributed by atoms with E-state index in [1.54, 1.807) is 23.5 Å². The number of aliphatic hydroxyl groups excluding tert-OH is 1. The molecule has 1 unspecified atom stereocenters. The Kier molecular flexibility index (Phi) is 9.50. The fraction of sp³-hybridized carbons (Fsp3) is 0.429. The molecule has 0 aliphatic heterocycles. The maximum atomic E-state index is 12.6. The number of rotatable bonds is 13. The maximum absolute atomic E-state index is 12.6. The number of aliphatic carboxylic acids is 1. The minimum Gasteiger partial charge on any atom is -0.489 e. The molecule has 170 valence electrons. The average Bonchev–Trinajstić information content (AvgIpc) is 3.22. The van der Waals surface area contributed by atoms with E-state index in [4.69, 9.17) is 24.4 Å². The largest absolute Gasteiger partial charge is 0.489 e. The topological polar surface area (TPSA) is 114 Å². The molecule has 0 saturated carbocycles. The van der Waals surface area contributed by atoms with Gasteiger partial charge in [-0.25, -0.2) is 4.79 Å². The molecule has 8 nitrogen and oxygen atoms in total. The van der Waals surface area contributed by atoms with Crippen LogP contribution in [0, 0.1) is 0 Å². The molecule has 1 atom stereocenters. The van der Waals surface area contributed by atoms with E-state index >= 15 is 0 Å². The molecule has 1 amide bonds. The molecular weight excluding hydrogens is 438 g/mol. The van der Waals surface area contributed by atoms with Gasteiger partial charge in [-0.3, -0.25) is 4.79 Å². The van der Waals surface area contributed by atoms with Crippen LogP contribution in [0.3, 0.4) is 0 Å². The van der Waals surface area contributed by atoms with Crippen LogP contribution >= 0.6 is 11.3 Å². The molecule has 0 aliphatic rings. The summed E-state index contributed by atoms with van der Waals surface area (Å²) in [5.74, 6) is -1.31. The number of carbonyl (C=O) groups is 2. The van der Waals surface area contributed by atoms with E-state index in [-0.39, 0.29) is 18.1 Å². The molecule has 0 saturated heterocycles. The van der Waals surface area contributed by atoms with Crippen molar-refractivity contribution >= 4 is 31.3 Å². The van der Waals surface area contributed by atoms with Gasteiger partial charge in [0.05, 0.1) is 12.2 Å². The predicted octanol–water partition coefficient (Wildman–Crippen LogP) is 3.19. The van der Waals surface area contributed by atoms with Gasteiger partial charge in [0.2, 0.25) is 0 Å². The van der Waals surface area contributed by atoms with Crippen LogP contribution < -0.4 is 14.8 Å². The van der Waals surface area contributed by atoms with Gasteiger partial charge in [-0.2, -0.15) is 11.3 Å². The van der Waals surface area contributed by atoms with E-state index in [2.05, 4.69) is 25.0 Å². The predicted molar refractivity (Wildman–Crippen MR) is 121 cm³/mol. The average molecular weight is 468 g/mol. The van der Waals surface area contributed by atoms with Crippen LogP contribution in [0.25, 0.3) is 0 Å². The van der Waals surface area contributed by atoms with E-state index in [0.717, 1.165) is 11.6 Å². The van der Waals surface area contributed by atoms with Crippen molar-refractivity contribution in [2.45, 2.75) is 38.3 Å². The Morgan fingerprint density at radius 3 is 2.58 bits per heavy atom. The fourth-order valence-corrected chi connectivity index (χ4v) is 3.81. The molecule has 1 aromatic carbocycles. The van der Waals surface area contributed by atoms with Crippen LogP contribution in [0.4, 0.5) is 0 Å². The van der Waals surface area contributed by atoms with Crippen molar-refractivity contribution in [1.82, 2.24) is 5.32 Å². The molecule has 31 heavy (non-hydrogen) atoms. The smallest absolute Gasteiger partial charge is 0.328 e.